The lowest BCUT2D eigenvalue weighted by Crippen LogP contribution is -2.37. The molecule has 0 unspecified atom stereocenters. The molecule has 1 aliphatic rings. The molecule has 0 fully saturated rings. The van der Waals surface area contributed by atoms with Gasteiger partial charge in [0.25, 0.3) is 0 Å². The number of methoxy groups -OCH3 is 1. The van der Waals surface area contributed by atoms with Crippen LogP contribution in [0, 0.1) is 0 Å². The number of nitrogens with zero attached hydrogens (tertiary/aromatic N) is 2. The number of amides is 1. The van der Waals surface area contributed by atoms with E-state index in [2.05, 4.69) is 12.1 Å². The molecule has 1 heterocycles. The van der Waals surface area contributed by atoms with Crippen LogP contribution in [0.15, 0.2) is 29.4 Å². The van der Waals surface area contributed by atoms with Gasteiger partial charge < -0.3 is 14.5 Å². The van der Waals surface area contributed by atoms with Gasteiger partial charge in [-0.1, -0.05) is 19.0 Å². The van der Waals surface area contributed by atoms with Gasteiger partial charge in [-0.15, -0.1) is 0 Å². The summed E-state index contributed by atoms with van der Waals surface area (Å²) in [5.41, 5.74) is 1.96. The van der Waals surface area contributed by atoms with E-state index in [0.717, 1.165) is 36.4 Å². The van der Waals surface area contributed by atoms with Crippen LogP contribution in [0.3, 0.4) is 0 Å². The van der Waals surface area contributed by atoms with Crippen LogP contribution in [0.1, 0.15) is 38.7 Å². The van der Waals surface area contributed by atoms with Crippen LogP contribution in [0.5, 0.6) is 5.75 Å². The van der Waals surface area contributed by atoms with Crippen molar-refractivity contribution < 1.29 is 14.4 Å². The van der Waals surface area contributed by atoms with Crippen molar-refractivity contribution in [2.45, 2.75) is 39.2 Å². The molecule has 0 aliphatic carbocycles. The number of carbonyl (C=O) groups excluding carboxylic acids is 1. The molecule has 120 valence electrons. The third kappa shape index (κ3) is 4.00. The molecule has 22 heavy (non-hydrogen) atoms. The van der Waals surface area contributed by atoms with Crippen LogP contribution in [-0.4, -0.2) is 42.8 Å². The van der Waals surface area contributed by atoms with E-state index >= 15 is 0 Å². The summed E-state index contributed by atoms with van der Waals surface area (Å²) >= 11 is 0. The largest absolute Gasteiger partial charge is 0.497 e. The van der Waals surface area contributed by atoms with Crippen LogP contribution < -0.4 is 4.74 Å². The van der Waals surface area contributed by atoms with Crippen LogP contribution in [0.25, 0.3) is 0 Å². The van der Waals surface area contributed by atoms with Gasteiger partial charge in [0.05, 0.1) is 19.4 Å². The van der Waals surface area contributed by atoms with E-state index in [4.69, 9.17) is 9.57 Å². The molecule has 0 spiro atoms. The summed E-state index contributed by atoms with van der Waals surface area (Å²) < 4.78 is 5.16. The highest BCUT2D eigenvalue weighted by Crippen LogP contribution is 2.20. The summed E-state index contributed by atoms with van der Waals surface area (Å²) in [5.74, 6) is 0.992. The first-order chi connectivity index (χ1) is 10.7. The number of ether oxygens (including phenoxy) is 1. The Morgan fingerprint density at radius 3 is 2.68 bits per heavy atom. The predicted octanol–water partition coefficient (Wildman–Crippen LogP) is 2.84. The summed E-state index contributed by atoms with van der Waals surface area (Å²) in [7, 11) is 1.65. The zero-order chi connectivity index (χ0) is 15.9. The average Bonchev–Trinajstić information content (AvgIpc) is 3.02. The maximum absolute atomic E-state index is 11.9. The Morgan fingerprint density at radius 2 is 2.09 bits per heavy atom. The molecule has 1 atom stereocenters. The summed E-state index contributed by atoms with van der Waals surface area (Å²) in [4.78, 5) is 19.3. The molecule has 1 amide bonds. The number of carbonyl (C=O) groups is 1. The van der Waals surface area contributed by atoms with Crippen molar-refractivity contribution in [1.82, 2.24) is 4.90 Å². The molecule has 0 N–H and O–H groups in total. The van der Waals surface area contributed by atoms with Gasteiger partial charge in [-0.05, 0) is 36.2 Å². The monoisotopic (exact) mass is 304 g/mol. The first kappa shape index (κ1) is 16.3. The van der Waals surface area contributed by atoms with Gasteiger partial charge in [0.15, 0.2) is 6.10 Å². The number of hydrogen-bond donors (Lipinski definition) is 0. The van der Waals surface area contributed by atoms with E-state index in [1.165, 1.54) is 0 Å². The Kier molecular flexibility index (Phi) is 5.81. The Labute approximate surface area is 131 Å². The van der Waals surface area contributed by atoms with Gasteiger partial charge in [0.1, 0.15) is 5.75 Å². The number of benzene rings is 1. The maximum Gasteiger partial charge on any atom is 0.222 e. The molecule has 2 rings (SSSR count). The molecule has 0 saturated heterocycles. The highest BCUT2D eigenvalue weighted by Gasteiger charge is 2.25. The second kappa shape index (κ2) is 7.82. The topological polar surface area (TPSA) is 51.1 Å². The normalized spacial score (nSPS) is 16.9. The SMILES string of the molecule is CCCN(C[C@@H]1CC(c2ccc(OC)cc2)=NO1)C(=O)CC. The lowest BCUT2D eigenvalue weighted by Gasteiger charge is -2.23. The first-order valence-corrected chi connectivity index (χ1v) is 7.82. The molecule has 5 nitrogen and oxygen atoms in total. The molecule has 1 aliphatic heterocycles. The Hall–Kier alpha value is -2.04. The molecular formula is C17H24N2O3. The number of oxime groups is 1. The van der Waals surface area contributed by atoms with Crippen molar-refractivity contribution in [3.63, 3.8) is 0 Å². The lowest BCUT2D eigenvalue weighted by atomic mass is 10.0. The fraction of sp³-hybridized carbons (Fsp3) is 0.529. The van der Waals surface area contributed by atoms with Crippen LogP contribution >= 0.6 is 0 Å². The summed E-state index contributed by atoms with van der Waals surface area (Å²) in [5, 5.41) is 4.18. The van der Waals surface area contributed by atoms with Crippen molar-refractivity contribution >= 4 is 11.6 Å². The van der Waals surface area contributed by atoms with E-state index in [0.29, 0.717) is 13.0 Å². The fourth-order valence-corrected chi connectivity index (χ4v) is 2.54. The fourth-order valence-electron chi connectivity index (χ4n) is 2.54. The second-order valence-electron chi connectivity index (χ2n) is 5.39. The zero-order valence-corrected chi connectivity index (χ0v) is 13.5. The lowest BCUT2D eigenvalue weighted by molar-refractivity contribution is -0.132. The standard InChI is InChI=1S/C17H24N2O3/c1-4-10-19(17(20)5-2)12-15-11-16(18-22-15)13-6-8-14(21-3)9-7-13/h6-9,15H,4-5,10-12H2,1-3H3/t15-/m0/s1. The maximum atomic E-state index is 11.9. The Balaban J connectivity index is 1.94. The summed E-state index contributed by atoms with van der Waals surface area (Å²) in [6, 6.07) is 7.78. The highest BCUT2D eigenvalue weighted by molar-refractivity contribution is 6.01. The summed E-state index contributed by atoms with van der Waals surface area (Å²) in [6.45, 7) is 5.33. The minimum atomic E-state index is -0.0563. The van der Waals surface area contributed by atoms with Gasteiger partial charge in [-0.2, -0.15) is 0 Å². The highest BCUT2D eigenvalue weighted by atomic mass is 16.6. The predicted molar refractivity (Wildman–Crippen MR) is 86.2 cm³/mol. The Morgan fingerprint density at radius 1 is 1.36 bits per heavy atom. The van der Waals surface area contributed by atoms with E-state index < -0.39 is 0 Å². The number of rotatable bonds is 7. The molecule has 5 heteroatoms. The molecule has 0 radical (unpaired) electrons. The second-order valence-corrected chi connectivity index (χ2v) is 5.39. The van der Waals surface area contributed by atoms with Gasteiger partial charge >= 0.3 is 0 Å². The molecular weight excluding hydrogens is 280 g/mol. The summed E-state index contributed by atoms with van der Waals surface area (Å²) in [6.07, 6.45) is 2.15. The van der Waals surface area contributed by atoms with Crippen molar-refractivity contribution in [3.05, 3.63) is 29.8 Å². The average molecular weight is 304 g/mol. The Bertz CT molecular complexity index is 525. The molecule has 1 aromatic rings. The minimum Gasteiger partial charge on any atom is -0.497 e. The molecule has 0 saturated carbocycles. The van der Waals surface area contributed by atoms with Gasteiger partial charge in [-0.3, -0.25) is 4.79 Å². The van der Waals surface area contributed by atoms with Crippen molar-refractivity contribution in [2.24, 2.45) is 5.16 Å². The smallest absolute Gasteiger partial charge is 0.222 e. The quantitative estimate of drug-likeness (QED) is 0.778. The van der Waals surface area contributed by atoms with Crippen molar-refractivity contribution in [1.29, 1.82) is 0 Å². The van der Waals surface area contributed by atoms with E-state index in [1.54, 1.807) is 7.11 Å². The third-order valence-corrected chi connectivity index (χ3v) is 3.73. The molecule has 0 aromatic heterocycles. The van der Waals surface area contributed by atoms with E-state index in [9.17, 15) is 4.79 Å². The number of hydrogen-bond acceptors (Lipinski definition) is 4. The van der Waals surface area contributed by atoms with Crippen molar-refractivity contribution in [2.75, 3.05) is 20.2 Å². The van der Waals surface area contributed by atoms with E-state index in [-0.39, 0.29) is 12.0 Å². The molecule has 1 aromatic carbocycles. The molecule has 0 bridgehead atoms. The van der Waals surface area contributed by atoms with Gasteiger partial charge in [-0.25, -0.2) is 0 Å². The van der Waals surface area contributed by atoms with Crippen LogP contribution in [0.4, 0.5) is 0 Å². The van der Waals surface area contributed by atoms with Crippen LogP contribution in [-0.2, 0) is 9.63 Å². The van der Waals surface area contributed by atoms with Gasteiger partial charge in [0, 0.05) is 19.4 Å². The first-order valence-electron chi connectivity index (χ1n) is 7.82. The minimum absolute atomic E-state index is 0.0563. The van der Waals surface area contributed by atoms with Gasteiger partial charge in [0.2, 0.25) is 5.91 Å². The van der Waals surface area contributed by atoms with Crippen molar-refractivity contribution in [3.8, 4) is 5.75 Å². The van der Waals surface area contributed by atoms with Crippen LogP contribution in [0.2, 0.25) is 0 Å². The zero-order valence-electron chi connectivity index (χ0n) is 13.5. The third-order valence-electron chi connectivity index (χ3n) is 3.73. The van der Waals surface area contributed by atoms with E-state index in [1.807, 2.05) is 36.1 Å².